The molecule has 1 heterocycles. The van der Waals surface area contributed by atoms with Gasteiger partial charge >= 0.3 is 0 Å². The van der Waals surface area contributed by atoms with Crippen LogP contribution in [0.5, 0.6) is 5.75 Å². The fourth-order valence-electron chi connectivity index (χ4n) is 1.72. The molecule has 1 atom stereocenters. The van der Waals surface area contributed by atoms with Gasteiger partial charge < -0.3 is 10.1 Å². The first kappa shape index (κ1) is 14.4. The lowest BCUT2D eigenvalue weighted by Gasteiger charge is -2.15. The molecule has 1 aromatic carbocycles. The Morgan fingerprint density at radius 2 is 2.35 bits per heavy atom. The third-order valence-corrected chi connectivity index (χ3v) is 3.37. The minimum Gasteiger partial charge on any atom is -0.496 e. The topological polar surface area (TPSA) is 81.9 Å². The summed E-state index contributed by atoms with van der Waals surface area (Å²) in [6.45, 7) is 2.00. The maximum absolute atomic E-state index is 11.8. The number of nitrogens with zero attached hydrogens (tertiary/aromatic N) is 4. The average molecular weight is 340 g/mol. The number of amides is 1. The van der Waals surface area contributed by atoms with E-state index in [-0.39, 0.29) is 18.5 Å². The number of methoxy groups -OCH3 is 1. The second-order valence-corrected chi connectivity index (χ2v) is 5.04. The highest BCUT2D eigenvalue weighted by atomic mass is 79.9. The van der Waals surface area contributed by atoms with Crippen LogP contribution in [0.25, 0.3) is 0 Å². The molecule has 0 aliphatic rings. The van der Waals surface area contributed by atoms with Crippen LogP contribution in [-0.4, -0.2) is 33.2 Å². The van der Waals surface area contributed by atoms with Gasteiger partial charge in [0, 0.05) is 0 Å². The number of hydrogen-bond donors (Lipinski definition) is 1. The molecule has 2 aromatic rings. The first-order valence-corrected chi connectivity index (χ1v) is 6.73. The maximum atomic E-state index is 11.8. The lowest BCUT2D eigenvalue weighted by Crippen LogP contribution is -2.30. The monoisotopic (exact) mass is 339 g/mol. The molecule has 0 fully saturated rings. The standard InChI is InChI=1S/C12H14BrN5O2/c1-8(9-3-4-11(20-2)10(13)5-9)15-12(19)6-18-7-14-16-17-18/h3-5,7-8H,6H2,1-2H3,(H,15,19). The summed E-state index contributed by atoms with van der Waals surface area (Å²) in [5.74, 6) is 0.595. The van der Waals surface area contributed by atoms with Crippen LogP contribution in [0.3, 0.4) is 0 Å². The summed E-state index contributed by atoms with van der Waals surface area (Å²) in [6.07, 6.45) is 1.40. The molecule has 0 spiro atoms. The number of rotatable bonds is 5. The fourth-order valence-corrected chi connectivity index (χ4v) is 2.28. The molecule has 0 bridgehead atoms. The van der Waals surface area contributed by atoms with Gasteiger partial charge in [-0.05, 0) is 51.0 Å². The Labute approximate surface area is 124 Å². The number of hydrogen-bond acceptors (Lipinski definition) is 5. The van der Waals surface area contributed by atoms with E-state index in [1.54, 1.807) is 7.11 Å². The Morgan fingerprint density at radius 1 is 1.55 bits per heavy atom. The normalized spacial score (nSPS) is 11.9. The molecule has 1 aromatic heterocycles. The summed E-state index contributed by atoms with van der Waals surface area (Å²) in [5.41, 5.74) is 0.975. The highest BCUT2D eigenvalue weighted by Gasteiger charge is 2.12. The number of benzene rings is 1. The number of carbonyl (C=O) groups excluding carboxylic acids is 1. The van der Waals surface area contributed by atoms with E-state index in [1.165, 1.54) is 11.0 Å². The largest absolute Gasteiger partial charge is 0.496 e. The molecule has 1 unspecified atom stereocenters. The second kappa shape index (κ2) is 6.47. The van der Waals surface area contributed by atoms with Crippen molar-refractivity contribution >= 4 is 21.8 Å². The molecule has 20 heavy (non-hydrogen) atoms. The van der Waals surface area contributed by atoms with Crippen LogP contribution in [0, 0.1) is 0 Å². The van der Waals surface area contributed by atoms with Crippen molar-refractivity contribution in [3.05, 3.63) is 34.6 Å². The van der Waals surface area contributed by atoms with E-state index in [0.29, 0.717) is 0 Å². The zero-order valence-electron chi connectivity index (χ0n) is 11.1. The molecule has 0 radical (unpaired) electrons. The third kappa shape index (κ3) is 3.53. The van der Waals surface area contributed by atoms with E-state index in [1.807, 2.05) is 25.1 Å². The van der Waals surface area contributed by atoms with Gasteiger partial charge in [-0.3, -0.25) is 4.79 Å². The Balaban J connectivity index is 1.99. The summed E-state index contributed by atoms with van der Waals surface area (Å²) in [5, 5.41) is 13.5. The quantitative estimate of drug-likeness (QED) is 0.888. The van der Waals surface area contributed by atoms with Gasteiger partial charge in [0.25, 0.3) is 0 Å². The number of tetrazole rings is 1. The number of nitrogens with one attached hydrogen (secondary N) is 1. The number of ether oxygens (including phenoxy) is 1. The molecule has 2 rings (SSSR count). The van der Waals surface area contributed by atoms with Gasteiger partial charge in [-0.15, -0.1) is 5.10 Å². The van der Waals surface area contributed by atoms with E-state index in [2.05, 4.69) is 36.8 Å². The van der Waals surface area contributed by atoms with Gasteiger partial charge in [-0.2, -0.15) is 0 Å². The van der Waals surface area contributed by atoms with Gasteiger partial charge in [0.1, 0.15) is 18.6 Å². The van der Waals surface area contributed by atoms with E-state index >= 15 is 0 Å². The van der Waals surface area contributed by atoms with Crippen LogP contribution in [0.4, 0.5) is 0 Å². The molecule has 1 N–H and O–H groups in total. The summed E-state index contributed by atoms with van der Waals surface area (Å²) in [6, 6.07) is 5.55. The molecule has 0 saturated heterocycles. The first-order valence-electron chi connectivity index (χ1n) is 5.93. The zero-order valence-corrected chi connectivity index (χ0v) is 12.7. The molecule has 1 amide bonds. The Hall–Kier alpha value is -1.96. The van der Waals surface area contributed by atoms with E-state index in [4.69, 9.17) is 4.74 Å². The van der Waals surface area contributed by atoms with Crippen LogP contribution < -0.4 is 10.1 Å². The lowest BCUT2D eigenvalue weighted by molar-refractivity contribution is -0.122. The summed E-state index contributed by atoms with van der Waals surface area (Å²) in [4.78, 5) is 11.8. The van der Waals surface area contributed by atoms with Gasteiger partial charge in [0.2, 0.25) is 5.91 Å². The molecule has 0 aliphatic heterocycles. The number of halogens is 1. The van der Waals surface area contributed by atoms with E-state index in [9.17, 15) is 4.79 Å². The van der Waals surface area contributed by atoms with Crippen LogP contribution in [0.1, 0.15) is 18.5 Å². The van der Waals surface area contributed by atoms with Gasteiger partial charge in [-0.1, -0.05) is 6.07 Å². The van der Waals surface area contributed by atoms with Crippen LogP contribution >= 0.6 is 15.9 Å². The molecular weight excluding hydrogens is 326 g/mol. The average Bonchev–Trinajstić information content (AvgIpc) is 2.91. The van der Waals surface area contributed by atoms with E-state index < -0.39 is 0 Å². The summed E-state index contributed by atoms with van der Waals surface area (Å²) >= 11 is 3.42. The maximum Gasteiger partial charge on any atom is 0.242 e. The Kier molecular flexibility index (Phi) is 4.67. The molecule has 0 aliphatic carbocycles. The highest BCUT2D eigenvalue weighted by molar-refractivity contribution is 9.10. The lowest BCUT2D eigenvalue weighted by atomic mass is 10.1. The molecule has 106 valence electrons. The molecule has 8 heteroatoms. The van der Waals surface area contributed by atoms with Gasteiger partial charge in [-0.25, -0.2) is 4.68 Å². The number of aromatic nitrogens is 4. The predicted molar refractivity (Wildman–Crippen MR) is 75.1 cm³/mol. The predicted octanol–water partition coefficient (Wildman–Crippen LogP) is 1.32. The van der Waals surface area contributed by atoms with Crippen LogP contribution in [0.2, 0.25) is 0 Å². The van der Waals surface area contributed by atoms with Gasteiger partial charge in [0.05, 0.1) is 17.6 Å². The van der Waals surface area contributed by atoms with E-state index in [0.717, 1.165) is 15.8 Å². The molecule has 0 saturated carbocycles. The van der Waals surface area contributed by atoms with Crippen molar-refractivity contribution in [2.75, 3.05) is 7.11 Å². The molecular formula is C12H14BrN5O2. The first-order chi connectivity index (χ1) is 9.60. The van der Waals surface area contributed by atoms with Crippen molar-refractivity contribution in [3.8, 4) is 5.75 Å². The van der Waals surface area contributed by atoms with Crippen molar-refractivity contribution in [3.63, 3.8) is 0 Å². The molecule has 7 nitrogen and oxygen atoms in total. The second-order valence-electron chi connectivity index (χ2n) is 4.19. The SMILES string of the molecule is COc1ccc(C(C)NC(=O)Cn2cnnn2)cc1Br. The smallest absolute Gasteiger partial charge is 0.242 e. The van der Waals surface area contributed by atoms with Crippen molar-refractivity contribution in [2.24, 2.45) is 0 Å². The Bertz CT molecular complexity index is 588. The van der Waals surface area contributed by atoms with Gasteiger partial charge in [0.15, 0.2) is 0 Å². The van der Waals surface area contributed by atoms with Crippen molar-refractivity contribution < 1.29 is 9.53 Å². The van der Waals surface area contributed by atoms with Crippen LogP contribution in [0.15, 0.2) is 29.0 Å². The fraction of sp³-hybridized carbons (Fsp3) is 0.333. The minimum atomic E-state index is -0.156. The zero-order chi connectivity index (χ0) is 14.5. The van der Waals surface area contributed by atoms with Crippen molar-refractivity contribution in [2.45, 2.75) is 19.5 Å². The number of carbonyl (C=O) groups is 1. The van der Waals surface area contributed by atoms with Crippen LogP contribution in [-0.2, 0) is 11.3 Å². The third-order valence-electron chi connectivity index (χ3n) is 2.75. The minimum absolute atomic E-state index is 0.0919. The Morgan fingerprint density at radius 3 is 2.95 bits per heavy atom. The van der Waals surface area contributed by atoms with Crippen molar-refractivity contribution in [1.82, 2.24) is 25.5 Å². The highest BCUT2D eigenvalue weighted by Crippen LogP contribution is 2.27. The van der Waals surface area contributed by atoms with Crippen molar-refractivity contribution in [1.29, 1.82) is 0 Å². The summed E-state index contributed by atoms with van der Waals surface area (Å²) < 4.78 is 7.38. The summed E-state index contributed by atoms with van der Waals surface area (Å²) in [7, 11) is 1.61.